The van der Waals surface area contributed by atoms with Crippen molar-refractivity contribution < 1.29 is 4.43 Å². The molecule has 0 aromatic carbocycles. The molecule has 0 amide bonds. The van der Waals surface area contributed by atoms with E-state index in [2.05, 4.69) is 20.8 Å². The van der Waals surface area contributed by atoms with Gasteiger partial charge in [0, 0.05) is 6.10 Å². The second kappa shape index (κ2) is 20.2. The van der Waals surface area contributed by atoms with Gasteiger partial charge in [-0.15, -0.1) is 0 Å². The molecule has 0 unspecified atom stereocenters. The molecule has 2 heteroatoms. The SMILES string of the molecule is CCCCCCCCCCCCCCCCCC[SiH2]OC(C)C. The first-order chi connectivity index (χ1) is 11.3. The molecule has 0 saturated heterocycles. The molecule has 0 saturated carbocycles. The lowest BCUT2D eigenvalue weighted by molar-refractivity contribution is 0.254. The molecule has 0 atom stereocenters. The van der Waals surface area contributed by atoms with Gasteiger partial charge in [-0.2, -0.15) is 0 Å². The van der Waals surface area contributed by atoms with Crippen molar-refractivity contribution in [1.82, 2.24) is 0 Å². The largest absolute Gasteiger partial charge is 0.422 e. The lowest BCUT2D eigenvalue weighted by Gasteiger charge is -2.06. The predicted octanol–water partition coefficient (Wildman–Crippen LogP) is 7.18. The summed E-state index contributed by atoms with van der Waals surface area (Å²) in [7, 11) is -0.201. The van der Waals surface area contributed by atoms with Crippen LogP contribution in [0.3, 0.4) is 0 Å². The molecule has 0 heterocycles. The van der Waals surface area contributed by atoms with E-state index in [1.165, 1.54) is 109 Å². The lowest BCUT2D eigenvalue weighted by Crippen LogP contribution is -2.06. The van der Waals surface area contributed by atoms with Gasteiger partial charge in [0.05, 0.1) is 0 Å². The quantitative estimate of drug-likeness (QED) is 0.178. The molecule has 0 N–H and O–H groups in total. The Hall–Kier alpha value is 0.177. The molecule has 0 aromatic heterocycles. The van der Waals surface area contributed by atoms with Gasteiger partial charge in [0.1, 0.15) is 0 Å². The van der Waals surface area contributed by atoms with Crippen molar-refractivity contribution in [3.8, 4) is 0 Å². The average molecular weight is 343 g/mol. The zero-order valence-electron chi connectivity index (χ0n) is 16.7. The highest BCUT2D eigenvalue weighted by molar-refractivity contribution is 6.27. The molecule has 0 bridgehead atoms. The number of unbranched alkanes of at least 4 members (excludes halogenated alkanes) is 15. The summed E-state index contributed by atoms with van der Waals surface area (Å²) in [6.07, 6.45) is 23.8. The summed E-state index contributed by atoms with van der Waals surface area (Å²) in [4.78, 5) is 0. The van der Waals surface area contributed by atoms with E-state index < -0.39 is 0 Å². The third-order valence-electron chi connectivity index (χ3n) is 4.70. The molecule has 140 valence electrons. The van der Waals surface area contributed by atoms with Crippen LogP contribution in [-0.2, 0) is 4.43 Å². The third kappa shape index (κ3) is 22.2. The molecular formula is C21H46OSi. The van der Waals surface area contributed by atoms with Crippen molar-refractivity contribution in [2.24, 2.45) is 0 Å². The first-order valence-electron chi connectivity index (χ1n) is 10.9. The molecule has 0 aliphatic carbocycles. The summed E-state index contributed by atoms with van der Waals surface area (Å²) in [6.45, 7) is 6.60. The van der Waals surface area contributed by atoms with Gasteiger partial charge in [-0.3, -0.25) is 0 Å². The van der Waals surface area contributed by atoms with Crippen molar-refractivity contribution in [2.75, 3.05) is 0 Å². The topological polar surface area (TPSA) is 9.23 Å². The minimum atomic E-state index is -0.201. The maximum atomic E-state index is 5.70. The van der Waals surface area contributed by atoms with E-state index in [-0.39, 0.29) is 9.76 Å². The highest BCUT2D eigenvalue weighted by atomic mass is 28.2. The van der Waals surface area contributed by atoms with E-state index in [1.54, 1.807) is 0 Å². The maximum absolute atomic E-state index is 5.70. The van der Waals surface area contributed by atoms with E-state index in [0.717, 1.165) is 0 Å². The van der Waals surface area contributed by atoms with Gasteiger partial charge in [-0.25, -0.2) is 0 Å². The van der Waals surface area contributed by atoms with Gasteiger partial charge in [-0.1, -0.05) is 110 Å². The van der Waals surface area contributed by atoms with E-state index in [1.807, 2.05) is 0 Å². The average Bonchev–Trinajstić information content (AvgIpc) is 2.53. The smallest absolute Gasteiger partial charge is 0.161 e. The summed E-state index contributed by atoms with van der Waals surface area (Å²) in [5.41, 5.74) is 0. The summed E-state index contributed by atoms with van der Waals surface area (Å²) in [6, 6.07) is 1.39. The van der Waals surface area contributed by atoms with Crippen molar-refractivity contribution >= 4 is 9.76 Å². The van der Waals surface area contributed by atoms with Crippen LogP contribution in [0.5, 0.6) is 0 Å². The molecule has 1 nitrogen and oxygen atoms in total. The minimum Gasteiger partial charge on any atom is -0.422 e. The number of hydrogen-bond acceptors (Lipinski definition) is 1. The minimum absolute atomic E-state index is 0.201. The fraction of sp³-hybridized carbons (Fsp3) is 1.00. The first kappa shape index (κ1) is 23.2. The van der Waals surface area contributed by atoms with Crippen LogP contribution in [0.1, 0.15) is 124 Å². The van der Waals surface area contributed by atoms with Gasteiger partial charge in [0.15, 0.2) is 9.76 Å². The fourth-order valence-corrected chi connectivity index (χ4v) is 4.34. The summed E-state index contributed by atoms with van der Waals surface area (Å²) in [5.74, 6) is 0. The highest BCUT2D eigenvalue weighted by Gasteiger charge is 1.96. The van der Waals surface area contributed by atoms with E-state index in [4.69, 9.17) is 4.43 Å². The normalized spacial score (nSPS) is 12.0. The van der Waals surface area contributed by atoms with Crippen molar-refractivity contribution in [3.05, 3.63) is 0 Å². The third-order valence-corrected chi connectivity index (χ3v) is 6.39. The molecule has 23 heavy (non-hydrogen) atoms. The molecular weight excluding hydrogens is 296 g/mol. The second-order valence-electron chi connectivity index (χ2n) is 7.58. The Morgan fingerprint density at radius 1 is 0.565 bits per heavy atom. The fourth-order valence-electron chi connectivity index (χ4n) is 3.15. The first-order valence-corrected chi connectivity index (χ1v) is 12.5. The number of hydrogen-bond donors (Lipinski definition) is 0. The van der Waals surface area contributed by atoms with Crippen LogP contribution >= 0.6 is 0 Å². The zero-order valence-corrected chi connectivity index (χ0v) is 18.1. The molecule has 0 fully saturated rings. The molecule has 0 radical (unpaired) electrons. The van der Waals surface area contributed by atoms with E-state index in [9.17, 15) is 0 Å². The Bertz CT molecular complexity index is 206. The van der Waals surface area contributed by atoms with Crippen LogP contribution in [0.2, 0.25) is 6.04 Å². The molecule has 0 rings (SSSR count). The van der Waals surface area contributed by atoms with Crippen molar-refractivity contribution in [1.29, 1.82) is 0 Å². The Balaban J connectivity index is 2.95. The highest BCUT2D eigenvalue weighted by Crippen LogP contribution is 2.14. The van der Waals surface area contributed by atoms with Crippen molar-refractivity contribution in [3.63, 3.8) is 0 Å². The van der Waals surface area contributed by atoms with Gasteiger partial charge in [-0.05, 0) is 19.9 Å². The standard InChI is InChI=1S/C21H46OSi/c1-4-5-6-7-8-9-10-11-12-13-14-15-16-17-18-19-20-23-22-21(2)3/h21H,4-20,23H2,1-3H3. The Morgan fingerprint density at radius 3 is 1.26 bits per heavy atom. The number of rotatable bonds is 19. The molecule has 0 aromatic rings. The van der Waals surface area contributed by atoms with Crippen LogP contribution in [0.4, 0.5) is 0 Å². The summed E-state index contributed by atoms with van der Waals surface area (Å²) < 4.78 is 5.70. The monoisotopic (exact) mass is 342 g/mol. The van der Waals surface area contributed by atoms with Gasteiger partial charge >= 0.3 is 0 Å². The van der Waals surface area contributed by atoms with Crippen molar-refractivity contribution in [2.45, 2.75) is 136 Å². The summed E-state index contributed by atoms with van der Waals surface area (Å²) in [5, 5.41) is 0. The van der Waals surface area contributed by atoms with Crippen LogP contribution in [0, 0.1) is 0 Å². The van der Waals surface area contributed by atoms with Gasteiger partial charge in [0.25, 0.3) is 0 Å². The van der Waals surface area contributed by atoms with Crippen LogP contribution in [-0.4, -0.2) is 15.9 Å². The Morgan fingerprint density at radius 2 is 0.913 bits per heavy atom. The molecule has 0 aliphatic rings. The second-order valence-corrected chi connectivity index (χ2v) is 9.03. The van der Waals surface area contributed by atoms with Gasteiger partial charge < -0.3 is 4.43 Å². The molecule has 0 aliphatic heterocycles. The maximum Gasteiger partial charge on any atom is 0.161 e. The summed E-state index contributed by atoms with van der Waals surface area (Å²) >= 11 is 0. The lowest BCUT2D eigenvalue weighted by atomic mass is 10.0. The Kier molecular flexibility index (Phi) is 20.4. The van der Waals surface area contributed by atoms with E-state index in [0.29, 0.717) is 6.10 Å². The zero-order chi connectivity index (χ0) is 17.0. The predicted molar refractivity (Wildman–Crippen MR) is 109 cm³/mol. The van der Waals surface area contributed by atoms with E-state index >= 15 is 0 Å². The van der Waals surface area contributed by atoms with Gasteiger partial charge in [0.2, 0.25) is 0 Å². The molecule has 0 spiro atoms. The van der Waals surface area contributed by atoms with Crippen LogP contribution in [0.15, 0.2) is 0 Å². The van der Waals surface area contributed by atoms with Crippen LogP contribution < -0.4 is 0 Å². The Labute approximate surface area is 150 Å². The van der Waals surface area contributed by atoms with Crippen LogP contribution in [0.25, 0.3) is 0 Å².